The molecule has 0 spiro atoms. The number of piperidine rings is 1. The summed E-state index contributed by atoms with van der Waals surface area (Å²) in [6.07, 6.45) is 3.64. The number of aromatic nitrogens is 2. The molecule has 1 fully saturated rings. The standard InChI is InChI=1S/C29H29N5O/c1-21-20-27(33-29(30-21)34-18-6-3-7-19-34)31-25-14-16-26(17-15-25)32-28(35)24-12-10-23(11-13-24)22-8-4-2-5-9-22/h2,4-5,8-17,20H,3,6-7,18-19H2,1H3,(H,32,35)(H,30,31,33). The van der Waals surface area contributed by atoms with Crippen LogP contribution in [0.15, 0.2) is 84.9 Å². The van der Waals surface area contributed by atoms with Crippen molar-refractivity contribution in [2.24, 2.45) is 0 Å². The van der Waals surface area contributed by atoms with Crippen LogP contribution in [0.5, 0.6) is 0 Å². The molecule has 6 nitrogen and oxygen atoms in total. The summed E-state index contributed by atoms with van der Waals surface area (Å²) >= 11 is 0. The normalized spacial score (nSPS) is 13.3. The first-order valence-electron chi connectivity index (χ1n) is 12.1. The summed E-state index contributed by atoms with van der Waals surface area (Å²) in [5.74, 6) is 1.42. The number of rotatable bonds is 6. The molecule has 1 saturated heterocycles. The Labute approximate surface area is 206 Å². The molecule has 1 aromatic heterocycles. The van der Waals surface area contributed by atoms with Crippen LogP contribution in [-0.2, 0) is 0 Å². The van der Waals surface area contributed by atoms with Gasteiger partial charge in [0.15, 0.2) is 0 Å². The number of nitrogens with one attached hydrogen (secondary N) is 2. The molecule has 6 heteroatoms. The summed E-state index contributed by atoms with van der Waals surface area (Å²) in [4.78, 5) is 24.3. The van der Waals surface area contributed by atoms with E-state index in [2.05, 4.69) is 32.7 Å². The zero-order chi connectivity index (χ0) is 24.0. The van der Waals surface area contributed by atoms with Gasteiger partial charge < -0.3 is 15.5 Å². The highest BCUT2D eigenvalue weighted by atomic mass is 16.1. The minimum Gasteiger partial charge on any atom is -0.341 e. The Morgan fingerprint density at radius 1 is 0.771 bits per heavy atom. The fourth-order valence-electron chi connectivity index (χ4n) is 4.28. The molecule has 1 amide bonds. The van der Waals surface area contributed by atoms with Crippen molar-refractivity contribution >= 4 is 29.0 Å². The highest BCUT2D eigenvalue weighted by molar-refractivity contribution is 6.04. The van der Waals surface area contributed by atoms with E-state index in [0.29, 0.717) is 5.56 Å². The maximum atomic E-state index is 12.7. The summed E-state index contributed by atoms with van der Waals surface area (Å²) in [5, 5.41) is 6.34. The summed E-state index contributed by atoms with van der Waals surface area (Å²) in [7, 11) is 0. The minimum absolute atomic E-state index is 0.136. The van der Waals surface area contributed by atoms with Crippen LogP contribution in [0.3, 0.4) is 0 Å². The fourth-order valence-corrected chi connectivity index (χ4v) is 4.28. The van der Waals surface area contributed by atoms with Crippen LogP contribution in [0.1, 0.15) is 35.3 Å². The summed E-state index contributed by atoms with van der Waals surface area (Å²) < 4.78 is 0. The van der Waals surface area contributed by atoms with E-state index in [1.807, 2.05) is 79.7 Å². The van der Waals surface area contributed by atoms with Gasteiger partial charge in [-0.15, -0.1) is 0 Å². The Morgan fingerprint density at radius 2 is 1.43 bits per heavy atom. The molecule has 0 bridgehead atoms. The number of carbonyl (C=O) groups is 1. The van der Waals surface area contributed by atoms with E-state index in [1.165, 1.54) is 19.3 Å². The van der Waals surface area contributed by atoms with Crippen LogP contribution in [-0.4, -0.2) is 29.0 Å². The van der Waals surface area contributed by atoms with Crippen molar-refractivity contribution in [3.63, 3.8) is 0 Å². The molecule has 35 heavy (non-hydrogen) atoms. The largest absolute Gasteiger partial charge is 0.341 e. The Balaban J connectivity index is 1.22. The molecule has 0 radical (unpaired) electrons. The summed E-state index contributed by atoms with van der Waals surface area (Å²) in [6, 6.07) is 27.4. The zero-order valence-electron chi connectivity index (χ0n) is 19.9. The van der Waals surface area contributed by atoms with Crippen molar-refractivity contribution in [2.45, 2.75) is 26.2 Å². The number of carbonyl (C=O) groups excluding carboxylic acids is 1. The second-order valence-electron chi connectivity index (χ2n) is 8.84. The minimum atomic E-state index is -0.136. The fraction of sp³-hybridized carbons (Fsp3) is 0.207. The van der Waals surface area contributed by atoms with Crippen molar-refractivity contribution in [2.75, 3.05) is 28.6 Å². The van der Waals surface area contributed by atoms with Gasteiger partial charge in [0, 0.05) is 41.8 Å². The van der Waals surface area contributed by atoms with Crippen molar-refractivity contribution in [1.29, 1.82) is 0 Å². The lowest BCUT2D eigenvalue weighted by molar-refractivity contribution is 0.102. The highest BCUT2D eigenvalue weighted by Gasteiger charge is 2.15. The monoisotopic (exact) mass is 463 g/mol. The molecule has 0 saturated carbocycles. The van der Waals surface area contributed by atoms with E-state index in [4.69, 9.17) is 4.98 Å². The molecular weight excluding hydrogens is 434 g/mol. The van der Waals surface area contributed by atoms with E-state index in [-0.39, 0.29) is 5.91 Å². The first-order valence-corrected chi connectivity index (χ1v) is 12.1. The number of amides is 1. The molecule has 176 valence electrons. The molecule has 4 aromatic rings. The average molecular weight is 464 g/mol. The first kappa shape index (κ1) is 22.6. The number of hydrogen-bond donors (Lipinski definition) is 2. The number of hydrogen-bond acceptors (Lipinski definition) is 5. The maximum Gasteiger partial charge on any atom is 0.255 e. The third-order valence-corrected chi connectivity index (χ3v) is 6.15. The quantitative estimate of drug-likeness (QED) is 0.344. The summed E-state index contributed by atoms with van der Waals surface area (Å²) in [5.41, 5.74) is 5.41. The van der Waals surface area contributed by atoms with Crippen molar-refractivity contribution < 1.29 is 4.79 Å². The van der Waals surface area contributed by atoms with Crippen LogP contribution in [0, 0.1) is 6.92 Å². The average Bonchev–Trinajstić information content (AvgIpc) is 2.90. The van der Waals surface area contributed by atoms with Crippen molar-refractivity contribution in [1.82, 2.24) is 9.97 Å². The third kappa shape index (κ3) is 5.66. The van der Waals surface area contributed by atoms with Gasteiger partial charge in [-0.3, -0.25) is 4.79 Å². The molecule has 2 heterocycles. The Hall–Kier alpha value is -4.19. The van der Waals surface area contributed by atoms with Crippen LogP contribution < -0.4 is 15.5 Å². The van der Waals surface area contributed by atoms with E-state index in [1.54, 1.807) is 0 Å². The molecule has 5 rings (SSSR count). The molecule has 0 atom stereocenters. The number of anilines is 4. The van der Waals surface area contributed by atoms with E-state index in [9.17, 15) is 4.79 Å². The summed E-state index contributed by atoms with van der Waals surface area (Å²) in [6.45, 7) is 4.00. The predicted molar refractivity (Wildman–Crippen MR) is 142 cm³/mol. The van der Waals surface area contributed by atoms with E-state index < -0.39 is 0 Å². The van der Waals surface area contributed by atoms with E-state index in [0.717, 1.165) is 53.1 Å². The van der Waals surface area contributed by atoms with Gasteiger partial charge in [0.05, 0.1) is 0 Å². The predicted octanol–water partition coefficient (Wildman–Crippen LogP) is 6.44. The first-order chi connectivity index (χ1) is 17.1. The Bertz CT molecular complexity index is 1280. The van der Waals surface area contributed by atoms with Gasteiger partial charge in [-0.2, -0.15) is 4.98 Å². The SMILES string of the molecule is Cc1cc(Nc2ccc(NC(=O)c3ccc(-c4ccccc4)cc3)cc2)nc(N2CCCCC2)n1. The zero-order valence-corrected chi connectivity index (χ0v) is 19.9. The molecule has 0 unspecified atom stereocenters. The topological polar surface area (TPSA) is 70.2 Å². The lowest BCUT2D eigenvalue weighted by Crippen LogP contribution is -2.31. The Morgan fingerprint density at radius 3 is 2.14 bits per heavy atom. The molecular formula is C29H29N5O. The lowest BCUT2D eigenvalue weighted by atomic mass is 10.0. The van der Waals surface area contributed by atoms with Crippen molar-refractivity contribution in [3.05, 3.63) is 96.2 Å². The molecule has 1 aliphatic heterocycles. The van der Waals surface area contributed by atoms with Crippen LogP contribution >= 0.6 is 0 Å². The van der Waals surface area contributed by atoms with E-state index >= 15 is 0 Å². The third-order valence-electron chi connectivity index (χ3n) is 6.15. The van der Waals surface area contributed by atoms with Gasteiger partial charge >= 0.3 is 0 Å². The molecule has 1 aliphatic rings. The van der Waals surface area contributed by atoms with Crippen molar-refractivity contribution in [3.8, 4) is 11.1 Å². The second kappa shape index (κ2) is 10.4. The van der Waals surface area contributed by atoms with Gasteiger partial charge in [-0.25, -0.2) is 4.98 Å². The van der Waals surface area contributed by atoms with Crippen LogP contribution in [0.4, 0.5) is 23.1 Å². The number of benzene rings is 3. The number of aryl methyl sites for hydroxylation is 1. The second-order valence-corrected chi connectivity index (χ2v) is 8.84. The van der Waals surface area contributed by atoms with Crippen LogP contribution in [0.2, 0.25) is 0 Å². The molecule has 2 N–H and O–H groups in total. The van der Waals surface area contributed by atoms with Crippen LogP contribution in [0.25, 0.3) is 11.1 Å². The van der Waals surface area contributed by atoms with Gasteiger partial charge in [-0.05, 0) is 73.7 Å². The van der Waals surface area contributed by atoms with Gasteiger partial charge in [0.25, 0.3) is 5.91 Å². The maximum absolute atomic E-state index is 12.7. The smallest absolute Gasteiger partial charge is 0.255 e. The number of nitrogens with zero attached hydrogens (tertiary/aromatic N) is 3. The van der Waals surface area contributed by atoms with Gasteiger partial charge in [0.2, 0.25) is 5.95 Å². The lowest BCUT2D eigenvalue weighted by Gasteiger charge is -2.27. The molecule has 0 aliphatic carbocycles. The van der Waals surface area contributed by atoms with Gasteiger partial charge in [-0.1, -0.05) is 42.5 Å². The highest BCUT2D eigenvalue weighted by Crippen LogP contribution is 2.23. The van der Waals surface area contributed by atoms with Gasteiger partial charge in [0.1, 0.15) is 5.82 Å². The molecule has 3 aromatic carbocycles. The Kier molecular flexibility index (Phi) is 6.70.